The summed E-state index contributed by atoms with van der Waals surface area (Å²) < 4.78 is 0. The first-order chi connectivity index (χ1) is 7.95. The highest BCUT2D eigenvalue weighted by Gasteiger charge is 2.13. The number of primary amides is 1. The first-order valence-electron chi connectivity index (χ1n) is 5.50. The minimum Gasteiger partial charge on any atom is -0.481 e. The number of amides is 3. The lowest BCUT2D eigenvalue weighted by molar-refractivity contribution is -0.137. The molecule has 0 saturated heterocycles. The van der Waals surface area contributed by atoms with Crippen molar-refractivity contribution < 1.29 is 19.5 Å². The fraction of sp³-hybridized carbons (Fsp3) is 0.700. The van der Waals surface area contributed by atoms with Gasteiger partial charge in [-0.2, -0.15) is 0 Å². The molecule has 7 heteroatoms. The van der Waals surface area contributed by atoms with Gasteiger partial charge in [-0.15, -0.1) is 0 Å². The van der Waals surface area contributed by atoms with E-state index in [1.54, 1.807) is 6.92 Å². The molecular weight excluding hydrogens is 226 g/mol. The average molecular weight is 245 g/mol. The van der Waals surface area contributed by atoms with Gasteiger partial charge in [0.25, 0.3) is 0 Å². The third kappa shape index (κ3) is 9.16. The maximum absolute atomic E-state index is 11.3. The van der Waals surface area contributed by atoms with Gasteiger partial charge in [0.05, 0.1) is 6.42 Å². The SMILES string of the molecule is CCC(CC(=O)O)NC(=O)NCCCC(N)=O. The summed E-state index contributed by atoms with van der Waals surface area (Å²) in [5.74, 6) is -1.37. The highest BCUT2D eigenvalue weighted by atomic mass is 16.4. The molecule has 0 bridgehead atoms. The molecular formula is C10H19N3O4. The Morgan fingerprint density at radius 1 is 1.35 bits per heavy atom. The van der Waals surface area contributed by atoms with Crippen LogP contribution in [-0.4, -0.2) is 35.6 Å². The zero-order valence-corrected chi connectivity index (χ0v) is 9.86. The Morgan fingerprint density at radius 2 is 2.00 bits per heavy atom. The molecule has 0 aliphatic carbocycles. The fourth-order valence-corrected chi connectivity index (χ4v) is 1.21. The van der Waals surface area contributed by atoms with Crippen LogP contribution in [0.1, 0.15) is 32.6 Å². The number of urea groups is 1. The van der Waals surface area contributed by atoms with Crippen molar-refractivity contribution in [2.45, 2.75) is 38.6 Å². The number of hydrogen-bond acceptors (Lipinski definition) is 3. The highest BCUT2D eigenvalue weighted by molar-refractivity contribution is 5.76. The molecule has 1 atom stereocenters. The van der Waals surface area contributed by atoms with Gasteiger partial charge in [-0.1, -0.05) is 6.92 Å². The van der Waals surface area contributed by atoms with Crippen LogP contribution in [0.25, 0.3) is 0 Å². The normalized spacial score (nSPS) is 11.6. The molecule has 3 amide bonds. The molecule has 17 heavy (non-hydrogen) atoms. The molecule has 0 spiro atoms. The van der Waals surface area contributed by atoms with Gasteiger partial charge < -0.3 is 21.5 Å². The minimum absolute atomic E-state index is 0.106. The molecule has 5 N–H and O–H groups in total. The lowest BCUT2D eigenvalue weighted by Gasteiger charge is -2.15. The molecule has 0 aromatic carbocycles. The topological polar surface area (TPSA) is 122 Å². The Hall–Kier alpha value is -1.79. The Balaban J connectivity index is 3.75. The van der Waals surface area contributed by atoms with E-state index in [4.69, 9.17) is 10.8 Å². The molecule has 0 aromatic heterocycles. The van der Waals surface area contributed by atoms with Crippen LogP contribution in [0.5, 0.6) is 0 Å². The summed E-state index contributed by atoms with van der Waals surface area (Å²) in [6, 6.07) is -0.814. The average Bonchev–Trinajstić information content (AvgIpc) is 2.22. The quantitative estimate of drug-likeness (QED) is 0.442. The number of rotatable bonds is 8. The molecule has 0 heterocycles. The molecule has 0 aliphatic heterocycles. The second-order valence-corrected chi connectivity index (χ2v) is 3.67. The number of nitrogens with one attached hydrogen (secondary N) is 2. The van der Waals surface area contributed by atoms with Crippen LogP contribution in [0.15, 0.2) is 0 Å². The van der Waals surface area contributed by atoms with E-state index in [0.717, 1.165) is 0 Å². The van der Waals surface area contributed by atoms with Crippen LogP contribution < -0.4 is 16.4 Å². The zero-order chi connectivity index (χ0) is 13.3. The zero-order valence-electron chi connectivity index (χ0n) is 9.86. The van der Waals surface area contributed by atoms with E-state index in [0.29, 0.717) is 19.4 Å². The lowest BCUT2D eigenvalue weighted by atomic mass is 10.1. The van der Waals surface area contributed by atoms with Gasteiger partial charge in [-0.05, 0) is 12.8 Å². The van der Waals surface area contributed by atoms with Crippen molar-refractivity contribution in [2.75, 3.05) is 6.54 Å². The van der Waals surface area contributed by atoms with Gasteiger partial charge in [0.15, 0.2) is 0 Å². The van der Waals surface area contributed by atoms with E-state index >= 15 is 0 Å². The van der Waals surface area contributed by atoms with Crippen LogP contribution >= 0.6 is 0 Å². The van der Waals surface area contributed by atoms with Gasteiger partial charge in [0.2, 0.25) is 5.91 Å². The number of carboxylic acids is 1. The molecule has 0 aromatic rings. The molecule has 7 nitrogen and oxygen atoms in total. The van der Waals surface area contributed by atoms with E-state index < -0.39 is 17.9 Å². The smallest absolute Gasteiger partial charge is 0.315 e. The van der Waals surface area contributed by atoms with Crippen molar-refractivity contribution in [3.63, 3.8) is 0 Å². The Morgan fingerprint density at radius 3 is 2.47 bits per heavy atom. The van der Waals surface area contributed by atoms with E-state index in [1.807, 2.05) is 0 Å². The Kier molecular flexibility index (Phi) is 7.49. The van der Waals surface area contributed by atoms with Crippen LogP contribution in [-0.2, 0) is 9.59 Å². The first kappa shape index (κ1) is 15.2. The van der Waals surface area contributed by atoms with Gasteiger partial charge in [0, 0.05) is 19.0 Å². The molecule has 0 fully saturated rings. The van der Waals surface area contributed by atoms with Crippen LogP contribution in [0.3, 0.4) is 0 Å². The summed E-state index contributed by atoms with van der Waals surface area (Å²) >= 11 is 0. The predicted molar refractivity (Wildman–Crippen MR) is 61.3 cm³/mol. The highest BCUT2D eigenvalue weighted by Crippen LogP contribution is 1.97. The van der Waals surface area contributed by atoms with E-state index in [2.05, 4.69) is 10.6 Å². The van der Waals surface area contributed by atoms with E-state index in [-0.39, 0.29) is 18.9 Å². The Labute approximate surface area is 99.7 Å². The third-order valence-corrected chi connectivity index (χ3v) is 2.13. The third-order valence-electron chi connectivity index (χ3n) is 2.13. The van der Waals surface area contributed by atoms with Gasteiger partial charge in [0.1, 0.15) is 0 Å². The number of carbonyl (C=O) groups is 3. The number of carboxylic acid groups (broad SMARTS) is 1. The summed E-state index contributed by atoms with van der Waals surface area (Å²) in [4.78, 5) is 32.2. The summed E-state index contributed by atoms with van der Waals surface area (Å²) in [6.45, 7) is 2.12. The van der Waals surface area contributed by atoms with Crippen LogP contribution in [0.2, 0.25) is 0 Å². The first-order valence-corrected chi connectivity index (χ1v) is 5.50. The van der Waals surface area contributed by atoms with E-state index in [1.165, 1.54) is 0 Å². The van der Waals surface area contributed by atoms with Crippen molar-refractivity contribution in [3.8, 4) is 0 Å². The van der Waals surface area contributed by atoms with Gasteiger partial charge in [-0.25, -0.2) is 4.79 Å². The number of hydrogen-bond donors (Lipinski definition) is 4. The minimum atomic E-state index is -0.953. The Bertz CT molecular complexity index is 281. The molecule has 98 valence electrons. The van der Waals surface area contributed by atoms with E-state index in [9.17, 15) is 14.4 Å². The largest absolute Gasteiger partial charge is 0.481 e. The second-order valence-electron chi connectivity index (χ2n) is 3.67. The second kappa shape index (κ2) is 8.37. The van der Waals surface area contributed by atoms with Crippen molar-refractivity contribution in [3.05, 3.63) is 0 Å². The van der Waals surface area contributed by atoms with Gasteiger partial charge >= 0.3 is 12.0 Å². The summed E-state index contributed by atoms with van der Waals surface area (Å²) in [6.07, 6.45) is 1.12. The number of carbonyl (C=O) groups excluding carboxylic acids is 2. The number of nitrogens with two attached hydrogens (primary N) is 1. The predicted octanol–water partition coefficient (Wildman–Crippen LogP) is -0.196. The van der Waals surface area contributed by atoms with Gasteiger partial charge in [-0.3, -0.25) is 9.59 Å². The maximum atomic E-state index is 11.3. The van der Waals surface area contributed by atoms with Crippen molar-refractivity contribution >= 4 is 17.9 Å². The lowest BCUT2D eigenvalue weighted by Crippen LogP contribution is -2.43. The molecule has 0 rings (SSSR count). The van der Waals surface area contributed by atoms with Crippen molar-refractivity contribution in [1.29, 1.82) is 0 Å². The van der Waals surface area contributed by atoms with Crippen LogP contribution in [0.4, 0.5) is 4.79 Å². The standard InChI is InChI=1S/C10H19N3O4/c1-2-7(6-9(15)16)13-10(17)12-5-3-4-8(11)14/h7H,2-6H2,1H3,(H2,11,14)(H,15,16)(H2,12,13,17). The summed E-state index contributed by atoms with van der Waals surface area (Å²) in [5, 5.41) is 13.6. The van der Waals surface area contributed by atoms with Crippen molar-refractivity contribution in [2.24, 2.45) is 5.73 Å². The molecule has 0 radical (unpaired) electrons. The number of aliphatic carboxylic acids is 1. The molecule has 1 unspecified atom stereocenters. The molecule has 0 aliphatic rings. The molecule has 0 saturated carbocycles. The summed E-state index contributed by atoms with van der Waals surface area (Å²) in [5.41, 5.74) is 4.93. The monoisotopic (exact) mass is 245 g/mol. The maximum Gasteiger partial charge on any atom is 0.315 e. The fourth-order valence-electron chi connectivity index (χ4n) is 1.21. The van der Waals surface area contributed by atoms with Crippen molar-refractivity contribution in [1.82, 2.24) is 10.6 Å². The summed E-state index contributed by atoms with van der Waals surface area (Å²) in [7, 11) is 0. The van der Waals surface area contributed by atoms with Crippen LogP contribution in [0, 0.1) is 0 Å².